The molecule has 1 aliphatic carbocycles. The van der Waals surface area contributed by atoms with Gasteiger partial charge >= 0.3 is 0 Å². The third-order valence-corrected chi connectivity index (χ3v) is 3.80. The lowest BCUT2D eigenvalue weighted by Gasteiger charge is -2.22. The van der Waals surface area contributed by atoms with Crippen molar-refractivity contribution in [2.75, 3.05) is 32.3 Å². The molecule has 2 atom stereocenters. The molecule has 1 aromatic carbocycles. The number of carbonyl (C=O) groups excluding carboxylic acids is 1. The van der Waals surface area contributed by atoms with Gasteiger partial charge in [-0.25, -0.2) is 0 Å². The van der Waals surface area contributed by atoms with E-state index in [1.807, 2.05) is 6.07 Å². The molecular weight excluding hydrogens is 254 g/mol. The van der Waals surface area contributed by atoms with E-state index in [4.69, 9.17) is 10.5 Å². The number of nitrogens with one attached hydrogen (secondary N) is 1. The molecule has 2 unspecified atom stereocenters. The van der Waals surface area contributed by atoms with Crippen LogP contribution in [0.1, 0.15) is 29.6 Å². The third kappa shape index (κ3) is 3.04. The minimum atomic E-state index is -0.0252. The Morgan fingerprint density at radius 2 is 2.15 bits per heavy atom. The fraction of sp³-hybridized carbons (Fsp3) is 0.533. The summed E-state index contributed by atoms with van der Waals surface area (Å²) in [6.45, 7) is 0. The highest BCUT2D eigenvalue weighted by molar-refractivity contribution is 5.95. The maximum Gasteiger partial charge on any atom is 0.253 e. The Bertz CT molecular complexity index is 488. The van der Waals surface area contributed by atoms with E-state index in [1.54, 1.807) is 38.2 Å². The van der Waals surface area contributed by atoms with E-state index in [1.165, 1.54) is 0 Å². The second-order valence-electron chi connectivity index (χ2n) is 5.46. The molecule has 0 aliphatic heterocycles. The highest BCUT2D eigenvalue weighted by Crippen LogP contribution is 2.28. The predicted octanol–water partition coefficient (Wildman–Crippen LogP) is 1.95. The van der Waals surface area contributed by atoms with E-state index in [9.17, 15) is 4.79 Å². The largest absolute Gasteiger partial charge is 0.397 e. The number of hydrogen-bond donors (Lipinski definition) is 2. The maximum atomic E-state index is 12.0. The molecule has 1 aliphatic rings. The van der Waals surface area contributed by atoms with Crippen molar-refractivity contribution in [3.8, 4) is 0 Å². The summed E-state index contributed by atoms with van der Waals surface area (Å²) in [6.07, 6.45) is 3.48. The van der Waals surface area contributed by atoms with Crippen LogP contribution in [0.2, 0.25) is 0 Å². The summed E-state index contributed by atoms with van der Waals surface area (Å²) < 4.78 is 5.47. The monoisotopic (exact) mass is 277 g/mol. The van der Waals surface area contributed by atoms with Gasteiger partial charge in [0.2, 0.25) is 0 Å². The van der Waals surface area contributed by atoms with Crippen LogP contribution in [0.4, 0.5) is 11.4 Å². The molecule has 5 nitrogen and oxygen atoms in total. The van der Waals surface area contributed by atoms with Crippen molar-refractivity contribution in [3.63, 3.8) is 0 Å². The van der Waals surface area contributed by atoms with E-state index < -0.39 is 0 Å². The first kappa shape index (κ1) is 14.7. The lowest BCUT2D eigenvalue weighted by molar-refractivity contribution is 0.0827. The van der Waals surface area contributed by atoms with Gasteiger partial charge < -0.3 is 20.7 Å². The van der Waals surface area contributed by atoms with Gasteiger partial charge in [0, 0.05) is 26.8 Å². The van der Waals surface area contributed by atoms with Gasteiger partial charge in [-0.15, -0.1) is 0 Å². The van der Waals surface area contributed by atoms with Crippen molar-refractivity contribution >= 4 is 17.3 Å². The van der Waals surface area contributed by atoms with Crippen molar-refractivity contribution in [1.82, 2.24) is 4.90 Å². The predicted molar refractivity (Wildman–Crippen MR) is 80.9 cm³/mol. The number of ether oxygens (including phenoxy) is 1. The first-order chi connectivity index (χ1) is 9.52. The van der Waals surface area contributed by atoms with E-state index in [0.29, 0.717) is 11.3 Å². The molecule has 1 fully saturated rings. The lowest BCUT2D eigenvalue weighted by atomic mass is 10.1. The van der Waals surface area contributed by atoms with E-state index in [2.05, 4.69) is 5.32 Å². The first-order valence-corrected chi connectivity index (χ1v) is 6.93. The zero-order valence-corrected chi connectivity index (χ0v) is 12.3. The van der Waals surface area contributed by atoms with Crippen LogP contribution in [-0.2, 0) is 4.74 Å². The summed E-state index contributed by atoms with van der Waals surface area (Å²) in [5.41, 5.74) is 8.11. The summed E-state index contributed by atoms with van der Waals surface area (Å²) in [7, 11) is 5.22. The van der Waals surface area contributed by atoms with Gasteiger partial charge in [0.15, 0.2) is 0 Å². The average molecular weight is 277 g/mol. The Balaban J connectivity index is 2.18. The number of amides is 1. The molecule has 0 heterocycles. The smallest absolute Gasteiger partial charge is 0.253 e. The van der Waals surface area contributed by atoms with Gasteiger partial charge in [-0.1, -0.05) is 0 Å². The number of rotatable bonds is 4. The molecule has 20 heavy (non-hydrogen) atoms. The van der Waals surface area contributed by atoms with E-state index in [-0.39, 0.29) is 18.1 Å². The fourth-order valence-electron chi connectivity index (χ4n) is 2.65. The van der Waals surface area contributed by atoms with E-state index in [0.717, 1.165) is 24.9 Å². The fourth-order valence-corrected chi connectivity index (χ4v) is 2.65. The molecule has 2 rings (SSSR count). The Morgan fingerprint density at radius 1 is 1.40 bits per heavy atom. The molecule has 0 radical (unpaired) electrons. The summed E-state index contributed by atoms with van der Waals surface area (Å²) >= 11 is 0. The summed E-state index contributed by atoms with van der Waals surface area (Å²) in [5, 5.41) is 3.42. The van der Waals surface area contributed by atoms with Crippen LogP contribution in [0.15, 0.2) is 18.2 Å². The highest BCUT2D eigenvalue weighted by atomic mass is 16.5. The molecular formula is C15H23N3O2. The molecule has 3 N–H and O–H groups in total. The van der Waals surface area contributed by atoms with Crippen molar-refractivity contribution in [2.24, 2.45) is 0 Å². The van der Waals surface area contributed by atoms with Crippen LogP contribution < -0.4 is 11.1 Å². The second-order valence-corrected chi connectivity index (χ2v) is 5.46. The number of anilines is 2. The molecule has 110 valence electrons. The lowest BCUT2D eigenvalue weighted by Crippen LogP contribution is -2.30. The van der Waals surface area contributed by atoms with Crippen LogP contribution in [0.25, 0.3) is 0 Å². The second kappa shape index (κ2) is 6.13. The Morgan fingerprint density at radius 3 is 2.80 bits per heavy atom. The van der Waals surface area contributed by atoms with Crippen molar-refractivity contribution in [1.29, 1.82) is 0 Å². The van der Waals surface area contributed by atoms with Crippen molar-refractivity contribution < 1.29 is 9.53 Å². The van der Waals surface area contributed by atoms with Crippen molar-refractivity contribution in [2.45, 2.75) is 31.4 Å². The quantitative estimate of drug-likeness (QED) is 0.825. The van der Waals surface area contributed by atoms with Gasteiger partial charge in [-0.05, 0) is 37.5 Å². The Labute approximate surface area is 120 Å². The van der Waals surface area contributed by atoms with Gasteiger partial charge in [0.05, 0.1) is 23.5 Å². The van der Waals surface area contributed by atoms with Gasteiger partial charge in [-0.3, -0.25) is 4.79 Å². The SMILES string of the molecule is COC1CCCC1Nc1cc(C(=O)N(C)C)ccc1N. The minimum Gasteiger partial charge on any atom is -0.397 e. The van der Waals surface area contributed by atoms with E-state index >= 15 is 0 Å². The minimum absolute atomic E-state index is 0.0252. The molecule has 1 saturated carbocycles. The van der Waals surface area contributed by atoms with Crippen LogP contribution in [0, 0.1) is 0 Å². The van der Waals surface area contributed by atoms with Gasteiger partial charge in [0.25, 0.3) is 5.91 Å². The number of hydrogen-bond acceptors (Lipinski definition) is 4. The number of benzene rings is 1. The normalized spacial score (nSPS) is 21.8. The van der Waals surface area contributed by atoms with Crippen molar-refractivity contribution in [3.05, 3.63) is 23.8 Å². The Hall–Kier alpha value is -1.75. The van der Waals surface area contributed by atoms with Crippen LogP contribution in [-0.4, -0.2) is 44.2 Å². The molecule has 0 bridgehead atoms. The van der Waals surface area contributed by atoms with Crippen LogP contribution in [0.3, 0.4) is 0 Å². The zero-order valence-electron chi connectivity index (χ0n) is 12.3. The molecule has 0 spiro atoms. The van der Waals surface area contributed by atoms with Crippen LogP contribution in [0.5, 0.6) is 0 Å². The average Bonchev–Trinajstić information content (AvgIpc) is 2.87. The maximum absolute atomic E-state index is 12.0. The number of carbonyl (C=O) groups is 1. The molecule has 0 aromatic heterocycles. The Kier molecular flexibility index (Phi) is 4.49. The molecule has 5 heteroatoms. The zero-order chi connectivity index (χ0) is 14.7. The van der Waals surface area contributed by atoms with Gasteiger partial charge in [0.1, 0.15) is 0 Å². The topological polar surface area (TPSA) is 67.6 Å². The molecule has 1 aromatic rings. The molecule has 1 amide bonds. The summed E-state index contributed by atoms with van der Waals surface area (Å²) in [5.74, 6) is -0.0252. The van der Waals surface area contributed by atoms with Gasteiger partial charge in [-0.2, -0.15) is 0 Å². The number of nitrogens with two attached hydrogens (primary N) is 1. The highest BCUT2D eigenvalue weighted by Gasteiger charge is 2.27. The standard InChI is InChI=1S/C15H23N3O2/c1-18(2)15(19)10-7-8-11(16)13(9-10)17-12-5-4-6-14(12)20-3/h7-9,12,14,17H,4-6,16H2,1-3H3. The first-order valence-electron chi connectivity index (χ1n) is 6.93. The number of nitrogens with zero attached hydrogens (tertiary/aromatic N) is 1. The third-order valence-electron chi connectivity index (χ3n) is 3.80. The summed E-state index contributed by atoms with van der Waals surface area (Å²) in [4.78, 5) is 13.6. The molecule has 0 saturated heterocycles. The summed E-state index contributed by atoms with van der Waals surface area (Å²) in [6, 6.07) is 5.61. The van der Waals surface area contributed by atoms with Crippen LogP contribution >= 0.6 is 0 Å². The number of methoxy groups -OCH3 is 1. The number of nitrogen functional groups attached to an aromatic ring is 1.